The highest BCUT2D eigenvalue weighted by atomic mass is 16.3. The van der Waals surface area contributed by atoms with Crippen LogP contribution in [0.15, 0.2) is 0 Å². The predicted octanol–water partition coefficient (Wildman–Crippen LogP) is 1.74. The second kappa shape index (κ2) is 12.6. The van der Waals surface area contributed by atoms with Gasteiger partial charge in [0.25, 0.3) is 0 Å². The Morgan fingerprint density at radius 1 is 0.900 bits per heavy atom. The second-order valence-corrected chi connectivity index (χ2v) is 5.53. The Labute approximate surface area is 126 Å². The molecular weight excluding hydrogens is 250 g/mol. The molecule has 122 valence electrons. The normalized spacial score (nSPS) is 13.7. The lowest BCUT2D eigenvalue weighted by molar-refractivity contribution is 0.140. The summed E-state index contributed by atoms with van der Waals surface area (Å²) in [5.74, 6) is 0. The molecule has 0 radical (unpaired) electrons. The Kier molecular flexibility index (Phi) is 12.5. The highest BCUT2D eigenvalue weighted by Gasteiger charge is 2.18. The van der Waals surface area contributed by atoms with Crippen LogP contribution in [0.25, 0.3) is 0 Å². The summed E-state index contributed by atoms with van der Waals surface area (Å²) in [6.45, 7) is 16.9. The van der Waals surface area contributed by atoms with Crippen LogP contribution in [0.3, 0.4) is 0 Å². The van der Waals surface area contributed by atoms with Crippen molar-refractivity contribution >= 4 is 0 Å². The zero-order chi connectivity index (χ0) is 15.4. The van der Waals surface area contributed by atoms with Crippen molar-refractivity contribution in [1.29, 1.82) is 0 Å². The Hall–Kier alpha value is -0.160. The van der Waals surface area contributed by atoms with E-state index in [9.17, 15) is 0 Å². The van der Waals surface area contributed by atoms with Gasteiger partial charge in [-0.1, -0.05) is 27.7 Å². The number of nitrogens with zero attached hydrogens (tertiary/aromatic N) is 3. The summed E-state index contributed by atoms with van der Waals surface area (Å²) in [6.07, 6.45) is 2.45. The molecule has 4 nitrogen and oxygen atoms in total. The zero-order valence-electron chi connectivity index (χ0n) is 14.4. The van der Waals surface area contributed by atoms with Crippen molar-refractivity contribution in [2.24, 2.45) is 0 Å². The van der Waals surface area contributed by atoms with E-state index >= 15 is 0 Å². The second-order valence-electron chi connectivity index (χ2n) is 5.53. The summed E-state index contributed by atoms with van der Waals surface area (Å²) in [4.78, 5) is 7.33. The number of likely N-dealkylation sites (N-methyl/N-ethyl adjacent to an activating group) is 3. The highest BCUT2D eigenvalue weighted by Crippen LogP contribution is 2.10. The summed E-state index contributed by atoms with van der Waals surface area (Å²) < 4.78 is 0. The molecule has 0 aliphatic heterocycles. The molecule has 20 heavy (non-hydrogen) atoms. The molecule has 0 saturated carbocycles. The van der Waals surface area contributed by atoms with Gasteiger partial charge in [-0.05, 0) is 52.6 Å². The van der Waals surface area contributed by atoms with Crippen LogP contribution in [-0.2, 0) is 0 Å². The van der Waals surface area contributed by atoms with Gasteiger partial charge in [0.1, 0.15) is 0 Å². The van der Waals surface area contributed by atoms with Crippen molar-refractivity contribution in [2.45, 2.75) is 46.6 Å². The standard InChI is InChI=1S/C16H37N3O/c1-6-18(7-2)15-16(19(8-3)9-4)11-10-12-17(5)13-14-20/h16,20H,6-15H2,1-5H3. The van der Waals surface area contributed by atoms with Gasteiger partial charge in [-0.15, -0.1) is 0 Å². The first kappa shape index (κ1) is 19.8. The molecule has 0 spiro atoms. The molecule has 0 amide bonds. The number of aliphatic hydroxyl groups is 1. The van der Waals surface area contributed by atoms with E-state index in [4.69, 9.17) is 5.11 Å². The number of aliphatic hydroxyl groups excluding tert-OH is 1. The van der Waals surface area contributed by atoms with E-state index in [1.165, 1.54) is 19.4 Å². The van der Waals surface area contributed by atoms with Crippen LogP contribution >= 0.6 is 0 Å². The Morgan fingerprint density at radius 2 is 1.50 bits per heavy atom. The van der Waals surface area contributed by atoms with Gasteiger partial charge in [0.2, 0.25) is 0 Å². The van der Waals surface area contributed by atoms with Gasteiger partial charge in [-0.25, -0.2) is 0 Å². The molecule has 0 aliphatic rings. The third-order valence-corrected chi connectivity index (χ3v) is 4.25. The predicted molar refractivity (Wildman–Crippen MR) is 88.3 cm³/mol. The Balaban J connectivity index is 4.30. The molecular formula is C16H37N3O. The highest BCUT2D eigenvalue weighted by molar-refractivity contribution is 4.74. The summed E-state index contributed by atoms with van der Waals surface area (Å²) in [5.41, 5.74) is 0. The largest absolute Gasteiger partial charge is 0.395 e. The first-order valence-corrected chi connectivity index (χ1v) is 8.38. The zero-order valence-corrected chi connectivity index (χ0v) is 14.4. The fraction of sp³-hybridized carbons (Fsp3) is 1.00. The molecule has 0 aliphatic carbocycles. The molecule has 4 heteroatoms. The van der Waals surface area contributed by atoms with E-state index in [1.54, 1.807) is 0 Å². The summed E-state index contributed by atoms with van der Waals surface area (Å²) >= 11 is 0. The minimum absolute atomic E-state index is 0.259. The molecule has 0 aromatic rings. The summed E-state index contributed by atoms with van der Waals surface area (Å²) in [5, 5.41) is 8.94. The minimum atomic E-state index is 0.259. The fourth-order valence-corrected chi connectivity index (χ4v) is 2.79. The van der Waals surface area contributed by atoms with Crippen LogP contribution in [0, 0.1) is 0 Å². The van der Waals surface area contributed by atoms with Crippen LogP contribution < -0.4 is 0 Å². The minimum Gasteiger partial charge on any atom is -0.395 e. The number of rotatable bonds is 13. The fourth-order valence-electron chi connectivity index (χ4n) is 2.79. The molecule has 0 rings (SSSR count). The molecule has 1 N–H and O–H groups in total. The molecule has 0 aromatic carbocycles. The van der Waals surface area contributed by atoms with E-state index in [0.717, 1.165) is 39.3 Å². The van der Waals surface area contributed by atoms with Crippen molar-refractivity contribution < 1.29 is 5.11 Å². The first-order chi connectivity index (χ1) is 9.62. The molecule has 0 aromatic heterocycles. The van der Waals surface area contributed by atoms with E-state index in [1.807, 2.05) is 0 Å². The van der Waals surface area contributed by atoms with Gasteiger partial charge in [0.05, 0.1) is 6.61 Å². The first-order valence-electron chi connectivity index (χ1n) is 8.38. The molecule has 0 bridgehead atoms. The van der Waals surface area contributed by atoms with Gasteiger partial charge >= 0.3 is 0 Å². The number of hydrogen-bond donors (Lipinski definition) is 1. The maximum absolute atomic E-state index is 8.94. The van der Waals surface area contributed by atoms with E-state index in [0.29, 0.717) is 6.04 Å². The smallest absolute Gasteiger partial charge is 0.0558 e. The topological polar surface area (TPSA) is 30.0 Å². The maximum atomic E-state index is 8.94. The SMILES string of the molecule is CCN(CC)CC(CCCN(C)CCO)N(CC)CC. The van der Waals surface area contributed by atoms with Crippen LogP contribution in [-0.4, -0.2) is 85.3 Å². The van der Waals surface area contributed by atoms with Gasteiger partial charge in [-0.2, -0.15) is 0 Å². The quantitative estimate of drug-likeness (QED) is 0.559. The monoisotopic (exact) mass is 287 g/mol. The molecule has 0 saturated heterocycles. The van der Waals surface area contributed by atoms with E-state index in [2.05, 4.69) is 49.4 Å². The molecule has 1 atom stereocenters. The van der Waals surface area contributed by atoms with E-state index in [-0.39, 0.29) is 6.61 Å². The van der Waals surface area contributed by atoms with Crippen LogP contribution in [0.1, 0.15) is 40.5 Å². The lowest BCUT2D eigenvalue weighted by atomic mass is 10.1. The summed E-state index contributed by atoms with van der Waals surface area (Å²) in [6, 6.07) is 0.660. The third kappa shape index (κ3) is 8.20. The van der Waals surface area contributed by atoms with Gasteiger partial charge in [0, 0.05) is 19.1 Å². The Morgan fingerprint density at radius 3 is 1.95 bits per heavy atom. The van der Waals surface area contributed by atoms with Crippen LogP contribution in [0.2, 0.25) is 0 Å². The van der Waals surface area contributed by atoms with Crippen LogP contribution in [0.4, 0.5) is 0 Å². The van der Waals surface area contributed by atoms with Crippen molar-refractivity contribution in [2.75, 3.05) is 59.5 Å². The molecule has 0 fully saturated rings. The van der Waals surface area contributed by atoms with Crippen molar-refractivity contribution in [3.8, 4) is 0 Å². The van der Waals surface area contributed by atoms with E-state index < -0.39 is 0 Å². The summed E-state index contributed by atoms with van der Waals surface area (Å²) in [7, 11) is 2.09. The van der Waals surface area contributed by atoms with Gasteiger partial charge < -0.3 is 14.9 Å². The Bertz CT molecular complexity index is 206. The van der Waals surface area contributed by atoms with Crippen molar-refractivity contribution in [3.63, 3.8) is 0 Å². The molecule has 0 heterocycles. The van der Waals surface area contributed by atoms with Crippen LogP contribution in [0.5, 0.6) is 0 Å². The van der Waals surface area contributed by atoms with Gasteiger partial charge in [0.15, 0.2) is 0 Å². The molecule has 1 unspecified atom stereocenters. The third-order valence-electron chi connectivity index (χ3n) is 4.25. The lowest BCUT2D eigenvalue weighted by Gasteiger charge is -2.34. The van der Waals surface area contributed by atoms with Crippen molar-refractivity contribution in [1.82, 2.24) is 14.7 Å². The lowest BCUT2D eigenvalue weighted by Crippen LogP contribution is -2.44. The van der Waals surface area contributed by atoms with Crippen molar-refractivity contribution in [3.05, 3.63) is 0 Å². The number of hydrogen-bond acceptors (Lipinski definition) is 4. The average Bonchev–Trinajstić information content (AvgIpc) is 2.45. The average molecular weight is 287 g/mol. The maximum Gasteiger partial charge on any atom is 0.0558 e. The van der Waals surface area contributed by atoms with Gasteiger partial charge in [-0.3, -0.25) is 4.90 Å².